The lowest BCUT2D eigenvalue weighted by atomic mass is 9.97. The molecule has 1 atom stereocenters. The first-order valence-electron chi connectivity index (χ1n) is 11.7. The average molecular weight is 519 g/mol. The zero-order chi connectivity index (χ0) is 26.6. The van der Waals surface area contributed by atoms with Gasteiger partial charge in [-0.2, -0.15) is 0 Å². The summed E-state index contributed by atoms with van der Waals surface area (Å²) in [5.41, 5.74) is 0.993. The minimum atomic E-state index is -0.888. The molecule has 4 aromatic rings. The number of rotatable bonds is 6. The van der Waals surface area contributed by atoms with Crippen molar-refractivity contribution in [1.29, 1.82) is 0 Å². The van der Waals surface area contributed by atoms with Crippen molar-refractivity contribution in [3.05, 3.63) is 87.0 Å². The van der Waals surface area contributed by atoms with Gasteiger partial charge < -0.3 is 33.0 Å². The Balaban J connectivity index is 1.56. The molecule has 0 N–H and O–H groups in total. The van der Waals surface area contributed by atoms with Crippen molar-refractivity contribution in [2.75, 3.05) is 28.1 Å². The Morgan fingerprint density at radius 3 is 2.37 bits per heavy atom. The van der Waals surface area contributed by atoms with Crippen molar-refractivity contribution in [1.82, 2.24) is 4.90 Å². The van der Waals surface area contributed by atoms with Gasteiger partial charge in [-0.05, 0) is 53.6 Å². The molecular formula is C28H22FNO8. The Morgan fingerprint density at radius 2 is 1.66 bits per heavy atom. The van der Waals surface area contributed by atoms with Crippen molar-refractivity contribution in [3.63, 3.8) is 0 Å². The maximum Gasteiger partial charge on any atom is 0.291 e. The Morgan fingerprint density at radius 1 is 0.921 bits per heavy atom. The third kappa shape index (κ3) is 3.60. The first-order chi connectivity index (χ1) is 18.4. The molecule has 0 saturated heterocycles. The van der Waals surface area contributed by atoms with Gasteiger partial charge in [0.05, 0.1) is 38.3 Å². The average Bonchev–Trinajstić information content (AvgIpc) is 3.51. The minimum Gasteiger partial charge on any atom is -0.493 e. The quantitative estimate of drug-likeness (QED) is 0.369. The summed E-state index contributed by atoms with van der Waals surface area (Å²) in [5.74, 6) is 1.05. The van der Waals surface area contributed by atoms with E-state index in [0.717, 1.165) is 11.6 Å². The lowest BCUT2D eigenvalue weighted by Gasteiger charge is -2.26. The molecule has 0 spiro atoms. The molecule has 10 heteroatoms. The molecule has 0 saturated carbocycles. The van der Waals surface area contributed by atoms with E-state index in [0.29, 0.717) is 34.3 Å². The van der Waals surface area contributed by atoms with Crippen LogP contribution in [-0.4, -0.2) is 38.9 Å². The highest BCUT2D eigenvalue weighted by molar-refractivity contribution is 5.99. The van der Waals surface area contributed by atoms with Crippen molar-refractivity contribution >= 4 is 16.9 Å². The summed E-state index contributed by atoms with van der Waals surface area (Å²) in [6.07, 6.45) is 0. The number of carbonyl (C=O) groups excluding carboxylic acids is 1. The van der Waals surface area contributed by atoms with Crippen molar-refractivity contribution in [2.24, 2.45) is 0 Å². The fourth-order valence-electron chi connectivity index (χ4n) is 5.00. The van der Waals surface area contributed by atoms with Crippen molar-refractivity contribution in [2.45, 2.75) is 12.6 Å². The van der Waals surface area contributed by atoms with Crippen LogP contribution in [0.1, 0.15) is 33.3 Å². The zero-order valence-corrected chi connectivity index (χ0v) is 20.7. The van der Waals surface area contributed by atoms with Crippen LogP contribution in [0.2, 0.25) is 0 Å². The predicted molar refractivity (Wildman–Crippen MR) is 133 cm³/mol. The van der Waals surface area contributed by atoms with Gasteiger partial charge in [0.25, 0.3) is 5.91 Å². The zero-order valence-electron chi connectivity index (χ0n) is 20.7. The van der Waals surface area contributed by atoms with Crippen LogP contribution in [-0.2, 0) is 6.54 Å². The molecule has 0 radical (unpaired) electrons. The number of hydrogen-bond acceptors (Lipinski definition) is 8. The van der Waals surface area contributed by atoms with Crippen molar-refractivity contribution < 1.29 is 37.3 Å². The van der Waals surface area contributed by atoms with E-state index in [1.807, 2.05) is 6.07 Å². The largest absolute Gasteiger partial charge is 0.493 e. The summed E-state index contributed by atoms with van der Waals surface area (Å²) in [5, 5.41) is 0.0407. The highest BCUT2D eigenvalue weighted by Crippen LogP contribution is 2.46. The Bertz CT molecular complexity index is 1640. The van der Waals surface area contributed by atoms with E-state index in [1.165, 1.54) is 38.4 Å². The van der Waals surface area contributed by atoms with Gasteiger partial charge in [0.15, 0.2) is 28.4 Å². The number of amides is 1. The first kappa shape index (κ1) is 23.7. The van der Waals surface area contributed by atoms with Gasteiger partial charge in [0, 0.05) is 6.54 Å². The highest BCUT2D eigenvalue weighted by atomic mass is 19.1. The van der Waals surface area contributed by atoms with E-state index in [2.05, 4.69) is 0 Å². The van der Waals surface area contributed by atoms with Crippen molar-refractivity contribution in [3.8, 4) is 28.7 Å². The summed E-state index contributed by atoms with van der Waals surface area (Å²) in [6, 6.07) is 11.5. The molecule has 2 aliphatic rings. The third-order valence-corrected chi connectivity index (χ3v) is 6.72. The second-order valence-corrected chi connectivity index (χ2v) is 8.80. The van der Waals surface area contributed by atoms with E-state index in [-0.39, 0.29) is 35.6 Å². The molecule has 2 aliphatic heterocycles. The van der Waals surface area contributed by atoms with Crippen LogP contribution in [0.3, 0.4) is 0 Å². The van der Waals surface area contributed by atoms with Crippen LogP contribution in [0.25, 0.3) is 11.0 Å². The van der Waals surface area contributed by atoms with E-state index < -0.39 is 23.2 Å². The maximum atomic E-state index is 14.1. The molecule has 0 unspecified atom stereocenters. The van der Waals surface area contributed by atoms with Gasteiger partial charge in [-0.1, -0.05) is 6.07 Å². The summed E-state index contributed by atoms with van der Waals surface area (Å²) in [7, 11) is 4.43. The molecule has 9 nitrogen and oxygen atoms in total. The van der Waals surface area contributed by atoms with E-state index >= 15 is 0 Å². The van der Waals surface area contributed by atoms with Gasteiger partial charge >= 0.3 is 0 Å². The molecule has 3 heterocycles. The molecule has 0 bridgehead atoms. The van der Waals surface area contributed by atoms with E-state index in [1.54, 1.807) is 24.3 Å². The lowest BCUT2D eigenvalue weighted by Crippen LogP contribution is -2.29. The molecule has 3 aromatic carbocycles. The number of methoxy groups -OCH3 is 3. The number of fused-ring (bicyclic) bond motifs is 3. The smallest absolute Gasteiger partial charge is 0.291 e. The van der Waals surface area contributed by atoms with Crippen LogP contribution in [0.15, 0.2) is 57.7 Å². The standard InChI is InChI=1S/C28H22FNO8/c1-33-21-9-15(10-22(34-2)26(21)35-3)24-23-25(31)17-11-16(29)5-7-18(17)38-27(23)28(32)30(24)12-14-4-6-19-20(8-14)37-13-36-19/h4-11,24H,12-13H2,1-3H3/t24-/m0/s1. The second-order valence-electron chi connectivity index (χ2n) is 8.80. The minimum absolute atomic E-state index is 0.0407. The molecule has 194 valence electrons. The van der Waals surface area contributed by atoms with Gasteiger partial charge in [0.2, 0.25) is 18.3 Å². The number of nitrogens with zero attached hydrogens (tertiary/aromatic N) is 1. The van der Waals surface area contributed by atoms with E-state index in [9.17, 15) is 14.0 Å². The molecule has 1 aromatic heterocycles. The maximum absolute atomic E-state index is 14.1. The number of hydrogen-bond donors (Lipinski definition) is 0. The summed E-state index contributed by atoms with van der Waals surface area (Å²) in [4.78, 5) is 29.1. The van der Waals surface area contributed by atoms with Gasteiger partial charge in [-0.3, -0.25) is 9.59 Å². The van der Waals surface area contributed by atoms with Crippen LogP contribution in [0.4, 0.5) is 4.39 Å². The predicted octanol–water partition coefficient (Wildman–Crippen LogP) is 4.43. The topological polar surface area (TPSA) is 96.7 Å². The summed E-state index contributed by atoms with van der Waals surface area (Å²) >= 11 is 0. The molecule has 38 heavy (non-hydrogen) atoms. The number of carbonyl (C=O) groups is 1. The molecule has 0 aliphatic carbocycles. The molecular weight excluding hydrogens is 497 g/mol. The highest BCUT2D eigenvalue weighted by Gasteiger charge is 2.43. The fourth-order valence-corrected chi connectivity index (χ4v) is 5.00. The SMILES string of the molecule is COc1cc([C@H]2c3c(oc4ccc(F)cc4c3=O)C(=O)N2Cc2ccc3c(c2)OCO3)cc(OC)c1OC. The number of halogens is 1. The first-order valence-corrected chi connectivity index (χ1v) is 11.7. The van der Waals surface area contributed by atoms with Gasteiger partial charge in [-0.15, -0.1) is 0 Å². The Hall–Kier alpha value is -4.73. The molecule has 6 rings (SSSR count). The fraction of sp³-hybridized carbons (Fsp3) is 0.214. The normalized spacial score (nSPS) is 15.6. The molecule has 0 fully saturated rings. The summed E-state index contributed by atoms with van der Waals surface area (Å²) in [6.45, 7) is 0.230. The molecule has 1 amide bonds. The van der Waals surface area contributed by atoms with E-state index in [4.69, 9.17) is 28.1 Å². The second kappa shape index (κ2) is 8.98. The van der Waals surface area contributed by atoms with Crippen LogP contribution >= 0.6 is 0 Å². The number of ether oxygens (including phenoxy) is 5. The van der Waals surface area contributed by atoms with Gasteiger partial charge in [-0.25, -0.2) is 4.39 Å². The number of benzene rings is 3. The lowest BCUT2D eigenvalue weighted by molar-refractivity contribution is 0.0713. The summed E-state index contributed by atoms with van der Waals surface area (Å²) < 4.78 is 47.4. The monoisotopic (exact) mass is 519 g/mol. The Kier molecular flexibility index (Phi) is 5.59. The van der Waals surface area contributed by atoms with Gasteiger partial charge in [0.1, 0.15) is 11.4 Å². The van der Waals surface area contributed by atoms with Crippen LogP contribution in [0, 0.1) is 5.82 Å². The Labute approximate surface area is 215 Å². The van der Waals surface area contributed by atoms with Crippen LogP contribution < -0.4 is 29.1 Å². The van der Waals surface area contributed by atoms with Crippen LogP contribution in [0.5, 0.6) is 28.7 Å². The third-order valence-electron chi connectivity index (χ3n) is 6.72.